The molecule has 0 aromatic heterocycles. The third-order valence-electron chi connectivity index (χ3n) is 1.04. The van der Waals surface area contributed by atoms with Crippen LogP contribution in [0, 0.1) is 0 Å². The van der Waals surface area contributed by atoms with Gasteiger partial charge in [-0.05, 0) is 5.75 Å². The Balaban J connectivity index is 4.55. The second-order valence-electron chi connectivity index (χ2n) is 2.01. The number of rotatable bonds is 4. The number of halogens is 2. The number of nitrogens with two attached hydrogens (primary N) is 1. The Morgan fingerprint density at radius 2 is 1.83 bits per heavy atom. The highest BCUT2D eigenvalue weighted by molar-refractivity contribution is 8.03. The second kappa shape index (κ2) is 4.98. The van der Waals surface area contributed by atoms with Crippen molar-refractivity contribution in [3.8, 4) is 0 Å². The summed E-state index contributed by atoms with van der Waals surface area (Å²) >= 11 is 1.12. The Kier molecular flexibility index (Phi) is 4.66. The SMILES string of the molecule is C=C(N)/C(F)=C(/F)C(=C)SCC. The maximum absolute atomic E-state index is 12.9. The smallest absolute Gasteiger partial charge is 0.182 e. The van der Waals surface area contributed by atoms with Crippen molar-refractivity contribution in [3.05, 3.63) is 35.4 Å². The molecule has 0 saturated heterocycles. The quantitative estimate of drug-likeness (QED) is 0.691. The Labute approximate surface area is 75.0 Å². The fraction of sp³-hybridized carbons (Fsp3) is 0.250. The lowest BCUT2D eigenvalue weighted by molar-refractivity contribution is 0.561. The molecule has 0 aliphatic heterocycles. The first kappa shape index (κ1) is 11.2. The van der Waals surface area contributed by atoms with Crippen molar-refractivity contribution in [1.29, 1.82) is 0 Å². The van der Waals surface area contributed by atoms with Crippen LogP contribution in [0.25, 0.3) is 0 Å². The number of hydrogen-bond donors (Lipinski definition) is 1. The van der Waals surface area contributed by atoms with Crippen molar-refractivity contribution in [2.75, 3.05) is 5.75 Å². The van der Waals surface area contributed by atoms with E-state index in [0.717, 1.165) is 11.8 Å². The molecule has 0 heterocycles. The number of hydrogen-bond acceptors (Lipinski definition) is 2. The lowest BCUT2D eigenvalue weighted by Gasteiger charge is -2.01. The predicted molar refractivity (Wildman–Crippen MR) is 49.8 cm³/mol. The van der Waals surface area contributed by atoms with Crippen molar-refractivity contribution in [2.24, 2.45) is 5.73 Å². The molecule has 0 fully saturated rings. The summed E-state index contributed by atoms with van der Waals surface area (Å²) in [6, 6.07) is 0. The molecule has 0 rings (SSSR count). The average Bonchev–Trinajstić information content (AvgIpc) is 2.02. The summed E-state index contributed by atoms with van der Waals surface area (Å²) in [7, 11) is 0. The highest BCUT2D eigenvalue weighted by Crippen LogP contribution is 2.27. The van der Waals surface area contributed by atoms with E-state index in [1.54, 1.807) is 0 Å². The molecule has 68 valence electrons. The molecule has 0 unspecified atom stereocenters. The van der Waals surface area contributed by atoms with E-state index in [-0.39, 0.29) is 4.91 Å². The first-order valence-electron chi connectivity index (χ1n) is 3.32. The minimum absolute atomic E-state index is 0.0431. The van der Waals surface area contributed by atoms with Crippen LogP contribution in [0.15, 0.2) is 35.4 Å². The van der Waals surface area contributed by atoms with Gasteiger partial charge in [-0.25, -0.2) is 8.78 Å². The molecule has 4 heteroatoms. The summed E-state index contributed by atoms with van der Waals surface area (Å²) in [5.74, 6) is -1.51. The molecular weight excluding hydrogens is 180 g/mol. The summed E-state index contributed by atoms with van der Waals surface area (Å²) in [4.78, 5) is 0.0431. The Morgan fingerprint density at radius 1 is 1.33 bits per heavy atom. The Bertz CT molecular complexity index is 233. The van der Waals surface area contributed by atoms with Crippen LogP contribution in [0.1, 0.15) is 6.92 Å². The Hall–Kier alpha value is -0.770. The second-order valence-corrected chi connectivity index (χ2v) is 3.37. The van der Waals surface area contributed by atoms with Gasteiger partial charge in [0.25, 0.3) is 0 Å². The van der Waals surface area contributed by atoms with E-state index in [4.69, 9.17) is 5.73 Å². The van der Waals surface area contributed by atoms with E-state index in [1.807, 2.05) is 6.92 Å². The van der Waals surface area contributed by atoms with E-state index in [0.29, 0.717) is 5.75 Å². The molecule has 0 amide bonds. The van der Waals surface area contributed by atoms with Gasteiger partial charge in [-0.15, -0.1) is 11.8 Å². The van der Waals surface area contributed by atoms with Gasteiger partial charge in [-0.2, -0.15) is 0 Å². The molecule has 12 heavy (non-hydrogen) atoms. The summed E-state index contributed by atoms with van der Waals surface area (Å²) < 4.78 is 25.6. The Morgan fingerprint density at radius 3 is 2.17 bits per heavy atom. The standard InChI is InChI=1S/C8H11F2NS/c1-4-12-6(3)8(10)7(9)5(2)11/h2-4,11H2,1H3/b8-7-. The maximum Gasteiger partial charge on any atom is 0.182 e. The zero-order valence-corrected chi connectivity index (χ0v) is 7.68. The van der Waals surface area contributed by atoms with Gasteiger partial charge in [0.05, 0.1) is 5.70 Å². The van der Waals surface area contributed by atoms with Crippen LogP contribution >= 0.6 is 11.8 Å². The molecule has 0 radical (unpaired) electrons. The normalized spacial score (nSPS) is 12.2. The van der Waals surface area contributed by atoms with Gasteiger partial charge >= 0.3 is 0 Å². The third kappa shape index (κ3) is 3.09. The largest absolute Gasteiger partial charge is 0.397 e. The van der Waals surface area contributed by atoms with Gasteiger partial charge < -0.3 is 5.73 Å². The van der Waals surface area contributed by atoms with Gasteiger partial charge in [0.2, 0.25) is 0 Å². The summed E-state index contributed by atoms with van der Waals surface area (Å²) in [5, 5.41) is 0. The van der Waals surface area contributed by atoms with Gasteiger partial charge in [-0.3, -0.25) is 0 Å². The van der Waals surface area contributed by atoms with Crippen LogP contribution in [-0.2, 0) is 0 Å². The topological polar surface area (TPSA) is 26.0 Å². The highest BCUT2D eigenvalue weighted by atomic mass is 32.2. The molecule has 0 aromatic rings. The molecule has 0 aliphatic rings. The fourth-order valence-corrected chi connectivity index (χ4v) is 1.07. The van der Waals surface area contributed by atoms with Crippen molar-refractivity contribution < 1.29 is 8.78 Å². The fourth-order valence-electron chi connectivity index (χ4n) is 0.501. The molecule has 0 spiro atoms. The van der Waals surface area contributed by atoms with E-state index in [2.05, 4.69) is 13.2 Å². The van der Waals surface area contributed by atoms with Crippen LogP contribution in [0.2, 0.25) is 0 Å². The van der Waals surface area contributed by atoms with Crippen LogP contribution < -0.4 is 5.73 Å². The van der Waals surface area contributed by atoms with E-state index < -0.39 is 17.4 Å². The van der Waals surface area contributed by atoms with Crippen molar-refractivity contribution in [2.45, 2.75) is 6.92 Å². The predicted octanol–water partition coefficient (Wildman–Crippen LogP) is 2.88. The average molecular weight is 191 g/mol. The first-order chi connectivity index (χ1) is 5.50. The van der Waals surface area contributed by atoms with Crippen LogP contribution in [0.3, 0.4) is 0 Å². The maximum atomic E-state index is 12.9. The molecular formula is C8H11F2NS. The minimum Gasteiger partial charge on any atom is -0.397 e. The van der Waals surface area contributed by atoms with Gasteiger partial charge in [0.15, 0.2) is 11.7 Å². The lowest BCUT2D eigenvalue weighted by Crippen LogP contribution is -1.97. The zero-order chi connectivity index (χ0) is 9.72. The van der Waals surface area contributed by atoms with Gasteiger partial charge in [0, 0.05) is 4.91 Å². The molecule has 0 atom stereocenters. The van der Waals surface area contributed by atoms with E-state index in [9.17, 15) is 8.78 Å². The van der Waals surface area contributed by atoms with Crippen LogP contribution in [-0.4, -0.2) is 5.75 Å². The summed E-state index contributed by atoms with van der Waals surface area (Å²) in [6.45, 7) is 8.23. The highest BCUT2D eigenvalue weighted by Gasteiger charge is 2.10. The van der Waals surface area contributed by atoms with Gasteiger partial charge in [0.1, 0.15) is 0 Å². The molecule has 1 nitrogen and oxygen atoms in total. The minimum atomic E-state index is -1.12. The number of thioether (sulfide) groups is 1. The van der Waals surface area contributed by atoms with Gasteiger partial charge in [-0.1, -0.05) is 20.1 Å². The molecule has 2 N–H and O–H groups in total. The monoisotopic (exact) mass is 191 g/mol. The molecule has 0 aliphatic carbocycles. The molecule has 0 aromatic carbocycles. The van der Waals surface area contributed by atoms with Crippen LogP contribution in [0.4, 0.5) is 8.78 Å². The van der Waals surface area contributed by atoms with Crippen molar-refractivity contribution in [1.82, 2.24) is 0 Å². The zero-order valence-electron chi connectivity index (χ0n) is 6.86. The first-order valence-corrected chi connectivity index (χ1v) is 4.31. The van der Waals surface area contributed by atoms with Crippen LogP contribution in [0.5, 0.6) is 0 Å². The summed E-state index contributed by atoms with van der Waals surface area (Å²) in [6.07, 6.45) is 0. The number of allylic oxidation sites excluding steroid dienone is 2. The van der Waals surface area contributed by atoms with E-state index >= 15 is 0 Å². The van der Waals surface area contributed by atoms with E-state index in [1.165, 1.54) is 0 Å². The molecule has 0 bridgehead atoms. The lowest BCUT2D eigenvalue weighted by atomic mass is 10.3. The molecule has 0 saturated carbocycles. The third-order valence-corrected chi connectivity index (χ3v) is 1.85. The van der Waals surface area contributed by atoms with Crippen molar-refractivity contribution >= 4 is 11.8 Å². The van der Waals surface area contributed by atoms with Crippen molar-refractivity contribution in [3.63, 3.8) is 0 Å². The summed E-state index contributed by atoms with van der Waals surface area (Å²) in [5.41, 5.74) is 4.54.